The summed E-state index contributed by atoms with van der Waals surface area (Å²) in [6.45, 7) is 2.72. The Bertz CT molecular complexity index is 421. The van der Waals surface area contributed by atoms with Crippen molar-refractivity contribution in [1.29, 1.82) is 0 Å². The van der Waals surface area contributed by atoms with Gasteiger partial charge in [-0.3, -0.25) is 0 Å². The summed E-state index contributed by atoms with van der Waals surface area (Å²) < 4.78 is 5.25. The van der Waals surface area contributed by atoms with Gasteiger partial charge in [0.1, 0.15) is 5.75 Å². The van der Waals surface area contributed by atoms with Crippen LogP contribution in [0.5, 0.6) is 5.75 Å². The third-order valence-electron chi connectivity index (χ3n) is 2.66. The van der Waals surface area contributed by atoms with E-state index in [0.717, 1.165) is 17.3 Å². The second-order valence-electron chi connectivity index (χ2n) is 4.71. The summed E-state index contributed by atoms with van der Waals surface area (Å²) in [6, 6.07) is 6.16. The second kappa shape index (κ2) is 8.24. The molecule has 1 rings (SSSR count). The maximum atomic E-state index is 5.25. The van der Waals surface area contributed by atoms with Crippen LogP contribution in [0.3, 0.4) is 0 Å². The monoisotopic (exact) mass is 377 g/mol. The van der Waals surface area contributed by atoms with Crippen LogP contribution in [0.1, 0.15) is 11.1 Å². The summed E-state index contributed by atoms with van der Waals surface area (Å²) in [4.78, 5) is 8.64. The molecule has 1 aromatic rings. The Morgan fingerprint density at radius 2 is 1.74 bits per heavy atom. The summed E-state index contributed by atoms with van der Waals surface area (Å²) in [6.07, 6.45) is 0. The number of guanidine groups is 1. The molecule has 0 radical (unpaired) electrons. The number of aliphatic imine (C=N–C) groups is 1. The number of ether oxygens (including phenoxy) is 1. The number of nitrogens with zero attached hydrogens (tertiary/aromatic N) is 3. The first-order valence-electron chi connectivity index (χ1n) is 5.98. The highest BCUT2D eigenvalue weighted by Gasteiger charge is 2.04. The van der Waals surface area contributed by atoms with Crippen molar-refractivity contribution in [3.8, 4) is 5.75 Å². The maximum Gasteiger partial charge on any atom is 0.195 e. The van der Waals surface area contributed by atoms with Gasteiger partial charge in [0, 0.05) is 28.2 Å². The minimum Gasteiger partial charge on any atom is -0.496 e. The average Bonchev–Trinajstić information content (AvgIpc) is 2.28. The fourth-order valence-electron chi connectivity index (χ4n) is 1.88. The van der Waals surface area contributed by atoms with Gasteiger partial charge in [-0.25, -0.2) is 4.99 Å². The van der Waals surface area contributed by atoms with Gasteiger partial charge in [-0.2, -0.15) is 0 Å². The van der Waals surface area contributed by atoms with Crippen LogP contribution < -0.4 is 4.74 Å². The maximum absolute atomic E-state index is 5.25. The Morgan fingerprint density at radius 3 is 2.16 bits per heavy atom. The number of aryl methyl sites for hydroxylation is 1. The Labute approximate surface area is 133 Å². The van der Waals surface area contributed by atoms with E-state index < -0.39 is 0 Å². The lowest BCUT2D eigenvalue weighted by Gasteiger charge is -2.22. The normalized spacial score (nSPS) is 9.37. The number of methoxy groups -OCH3 is 1. The third kappa shape index (κ3) is 5.26. The van der Waals surface area contributed by atoms with E-state index in [-0.39, 0.29) is 24.0 Å². The topological polar surface area (TPSA) is 28.1 Å². The molecule has 0 aliphatic rings. The molecule has 0 fully saturated rings. The van der Waals surface area contributed by atoms with Gasteiger partial charge in [-0.1, -0.05) is 12.1 Å². The fraction of sp³-hybridized carbons (Fsp3) is 0.500. The number of hydrogen-bond donors (Lipinski definition) is 0. The van der Waals surface area contributed by atoms with Crippen LogP contribution >= 0.6 is 24.0 Å². The molecule has 0 amide bonds. The molecule has 0 saturated heterocycles. The highest BCUT2D eigenvalue weighted by molar-refractivity contribution is 14.0. The Morgan fingerprint density at radius 1 is 1.16 bits per heavy atom. The molecule has 0 aliphatic carbocycles. The quantitative estimate of drug-likeness (QED) is 0.461. The van der Waals surface area contributed by atoms with Crippen LogP contribution in [0.25, 0.3) is 0 Å². The molecule has 0 atom stereocenters. The fourth-order valence-corrected chi connectivity index (χ4v) is 1.88. The standard InChI is InChI=1S/C14H23N3O.HI/c1-11-9-12(7-8-13(11)18-6)10-15-14(16(2)3)17(4)5;/h7-9H,10H2,1-6H3;1H. The summed E-state index contributed by atoms with van der Waals surface area (Å²) in [5.74, 6) is 1.88. The molecule has 5 heteroatoms. The predicted molar refractivity (Wildman–Crippen MR) is 91.7 cm³/mol. The van der Waals surface area contributed by atoms with Crippen molar-refractivity contribution in [3.05, 3.63) is 29.3 Å². The van der Waals surface area contributed by atoms with Gasteiger partial charge in [0.2, 0.25) is 0 Å². The summed E-state index contributed by atoms with van der Waals surface area (Å²) in [7, 11) is 9.68. The van der Waals surface area contributed by atoms with Crippen molar-refractivity contribution < 1.29 is 4.74 Å². The molecule has 4 nitrogen and oxygen atoms in total. The molecule has 0 bridgehead atoms. The SMILES string of the molecule is COc1ccc(CN=C(N(C)C)N(C)C)cc1C.I. The molecule has 108 valence electrons. The summed E-state index contributed by atoms with van der Waals surface area (Å²) in [5, 5.41) is 0. The van der Waals surface area contributed by atoms with Crippen molar-refractivity contribution in [2.45, 2.75) is 13.5 Å². The first-order chi connectivity index (χ1) is 8.45. The highest BCUT2D eigenvalue weighted by atomic mass is 127. The lowest BCUT2D eigenvalue weighted by molar-refractivity contribution is 0.411. The molecule has 1 aromatic carbocycles. The van der Waals surface area contributed by atoms with Crippen LogP contribution in [-0.2, 0) is 6.54 Å². The zero-order chi connectivity index (χ0) is 13.7. The Hall–Kier alpha value is -0.980. The van der Waals surface area contributed by atoms with Crippen LogP contribution in [0.15, 0.2) is 23.2 Å². The molecule has 0 spiro atoms. The van der Waals surface area contributed by atoms with Crippen molar-refractivity contribution in [1.82, 2.24) is 9.80 Å². The zero-order valence-corrected chi connectivity index (χ0v) is 14.9. The highest BCUT2D eigenvalue weighted by Crippen LogP contribution is 2.18. The van der Waals surface area contributed by atoms with E-state index in [1.54, 1.807) is 7.11 Å². The van der Waals surface area contributed by atoms with Gasteiger partial charge in [0.05, 0.1) is 13.7 Å². The largest absolute Gasteiger partial charge is 0.496 e. The number of hydrogen-bond acceptors (Lipinski definition) is 2. The van der Waals surface area contributed by atoms with E-state index in [4.69, 9.17) is 4.74 Å². The average molecular weight is 377 g/mol. The van der Waals surface area contributed by atoms with E-state index in [1.807, 2.05) is 51.0 Å². The smallest absolute Gasteiger partial charge is 0.195 e. The van der Waals surface area contributed by atoms with Gasteiger partial charge in [-0.15, -0.1) is 24.0 Å². The first kappa shape index (κ1) is 18.0. The van der Waals surface area contributed by atoms with Crippen LogP contribution in [0, 0.1) is 6.92 Å². The van der Waals surface area contributed by atoms with Crippen LogP contribution in [-0.4, -0.2) is 51.1 Å². The van der Waals surface area contributed by atoms with Crippen molar-refractivity contribution in [2.75, 3.05) is 35.3 Å². The summed E-state index contributed by atoms with van der Waals surface area (Å²) >= 11 is 0. The van der Waals surface area contributed by atoms with Crippen molar-refractivity contribution in [3.63, 3.8) is 0 Å². The van der Waals surface area contributed by atoms with Gasteiger partial charge < -0.3 is 14.5 Å². The van der Waals surface area contributed by atoms with E-state index in [2.05, 4.69) is 17.1 Å². The van der Waals surface area contributed by atoms with Crippen LogP contribution in [0.2, 0.25) is 0 Å². The third-order valence-corrected chi connectivity index (χ3v) is 2.66. The minimum atomic E-state index is 0. The lowest BCUT2D eigenvalue weighted by atomic mass is 10.1. The minimum absolute atomic E-state index is 0. The molecular weight excluding hydrogens is 353 g/mol. The molecule has 0 unspecified atom stereocenters. The molecule has 19 heavy (non-hydrogen) atoms. The van der Waals surface area contributed by atoms with E-state index in [1.165, 1.54) is 5.56 Å². The molecule has 0 heterocycles. The van der Waals surface area contributed by atoms with Crippen molar-refractivity contribution >= 4 is 29.9 Å². The predicted octanol–water partition coefficient (Wildman–Crippen LogP) is 2.60. The van der Waals surface area contributed by atoms with Crippen molar-refractivity contribution in [2.24, 2.45) is 4.99 Å². The number of halogens is 1. The summed E-state index contributed by atoms with van der Waals surface area (Å²) in [5.41, 5.74) is 2.33. The van der Waals surface area contributed by atoms with Crippen LogP contribution in [0.4, 0.5) is 0 Å². The molecule has 0 aliphatic heterocycles. The van der Waals surface area contributed by atoms with Gasteiger partial charge in [0.25, 0.3) is 0 Å². The lowest BCUT2D eigenvalue weighted by Crippen LogP contribution is -2.35. The molecular formula is C14H24IN3O. The van der Waals surface area contributed by atoms with Gasteiger partial charge in [0.15, 0.2) is 5.96 Å². The Kier molecular flexibility index (Phi) is 7.82. The first-order valence-corrected chi connectivity index (χ1v) is 5.98. The second-order valence-corrected chi connectivity index (χ2v) is 4.71. The van der Waals surface area contributed by atoms with E-state index >= 15 is 0 Å². The Balaban J connectivity index is 0.00000324. The number of rotatable bonds is 3. The zero-order valence-electron chi connectivity index (χ0n) is 12.6. The molecule has 0 N–H and O–H groups in total. The van der Waals surface area contributed by atoms with E-state index in [9.17, 15) is 0 Å². The molecule has 0 saturated carbocycles. The van der Waals surface area contributed by atoms with Gasteiger partial charge >= 0.3 is 0 Å². The van der Waals surface area contributed by atoms with E-state index in [0.29, 0.717) is 6.54 Å². The molecule has 0 aromatic heterocycles. The van der Waals surface area contributed by atoms with Gasteiger partial charge in [-0.05, 0) is 24.1 Å². The number of benzene rings is 1.